The maximum atomic E-state index is 5.50. The Labute approximate surface area is 129 Å². The van der Waals surface area contributed by atoms with E-state index in [1.807, 2.05) is 31.2 Å². The monoisotopic (exact) mass is 303 g/mol. The first-order chi connectivity index (χ1) is 10.8. The minimum absolute atomic E-state index is 0.594. The number of H-pyrrole nitrogens is 1. The molecule has 1 aromatic heterocycles. The van der Waals surface area contributed by atoms with Gasteiger partial charge in [0, 0.05) is 25.0 Å². The second-order valence-corrected chi connectivity index (χ2v) is 4.43. The molecule has 0 saturated carbocycles. The molecule has 0 amide bonds. The predicted octanol–water partition coefficient (Wildman–Crippen LogP) is 2.00. The third-order valence-corrected chi connectivity index (χ3v) is 2.95. The highest BCUT2D eigenvalue weighted by molar-refractivity contribution is 5.93. The van der Waals surface area contributed by atoms with Crippen LogP contribution in [-0.2, 0) is 6.54 Å². The summed E-state index contributed by atoms with van der Waals surface area (Å²) in [5.74, 6) is 2.05. The van der Waals surface area contributed by atoms with Gasteiger partial charge < -0.3 is 20.1 Å². The molecule has 0 fully saturated rings. The van der Waals surface area contributed by atoms with Crippen LogP contribution in [-0.4, -0.2) is 36.9 Å². The van der Waals surface area contributed by atoms with Crippen molar-refractivity contribution in [3.63, 3.8) is 0 Å². The Kier molecular flexibility index (Phi) is 5.65. The van der Waals surface area contributed by atoms with Gasteiger partial charge in [0.15, 0.2) is 17.5 Å². The number of aromatic amines is 1. The fraction of sp³-hybridized carbons (Fsp3) is 0.333. The van der Waals surface area contributed by atoms with Crippen molar-refractivity contribution < 1.29 is 9.47 Å². The lowest BCUT2D eigenvalue weighted by atomic mass is 10.2. The number of hydrogen-bond donors (Lipinski definition) is 3. The van der Waals surface area contributed by atoms with Crippen LogP contribution in [0.25, 0.3) is 0 Å². The Morgan fingerprint density at radius 3 is 2.82 bits per heavy atom. The molecule has 2 rings (SSSR count). The van der Waals surface area contributed by atoms with Gasteiger partial charge in [-0.25, -0.2) is 0 Å². The van der Waals surface area contributed by atoms with Gasteiger partial charge in [0.1, 0.15) is 0 Å². The average molecular weight is 303 g/mol. The number of aliphatic imine (C=N–C) groups is 1. The van der Waals surface area contributed by atoms with Gasteiger partial charge in [-0.2, -0.15) is 5.10 Å². The lowest BCUT2D eigenvalue weighted by molar-refractivity contribution is 0.311. The lowest BCUT2D eigenvalue weighted by Crippen LogP contribution is -2.30. The maximum Gasteiger partial charge on any atom is 0.195 e. The molecule has 118 valence electrons. The predicted molar refractivity (Wildman–Crippen MR) is 86.6 cm³/mol. The number of nitrogens with one attached hydrogen (secondary N) is 3. The van der Waals surface area contributed by atoms with Crippen molar-refractivity contribution in [3.8, 4) is 11.5 Å². The summed E-state index contributed by atoms with van der Waals surface area (Å²) < 4.78 is 10.8. The zero-order valence-corrected chi connectivity index (χ0v) is 13.0. The Hall–Kier alpha value is -2.70. The van der Waals surface area contributed by atoms with Crippen LogP contribution >= 0.6 is 0 Å². The maximum absolute atomic E-state index is 5.50. The fourth-order valence-electron chi connectivity index (χ4n) is 1.90. The molecule has 3 N–H and O–H groups in total. The third kappa shape index (κ3) is 4.15. The van der Waals surface area contributed by atoms with Crippen LogP contribution in [0, 0.1) is 0 Å². The van der Waals surface area contributed by atoms with Crippen molar-refractivity contribution >= 4 is 11.6 Å². The summed E-state index contributed by atoms with van der Waals surface area (Å²) in [4.78, 5) is 4.19. The fourth-order valence-corrected chi connectivity index (χ4v) is 1.90. The minimum Gasteiger partial charge on any atom is -0.493 e. The van der Waals surface area contributed by atoms with Crippen molar-refractivity contribution in [1.82, 2.24) is 15.5 Å². The van der Waals surface area contributed by atoms with Crippen LogP contribution in [0.1, 0.15) is 12.6 Å². The molecule has 0 aliphatic heterocycles. The molecule has 0 atom stereocenters. The molecule has 7 heteroatoms. The van der Waals surface area contributed by atoms with Crippen molar-refractivity contribution in [2.45, 2.75) is 13.5 Å². The SMILES string of the molecule is CCOc1ccc(NC(=NC)NCc2ccn[nH]2)cc1OC. The number of methoxy groups -OCH3 is 1. The van der Waals surface area contributed by atoms with Gasteiger partial charge in [-0.05, 0) is 25.1 Å². The Morgan fingerprint density at radius 1 is 1.32 bits per heavy atom. The molecule has 22 heavy (non-hydrogen) atoms. The third-order valence-electron chi connectivity index (χ3n) is 2.95. The smallest absolute Gasteiger partial charge is 0.195 e. The summed E-state index contributed by atoms with van der Waals surface area (Å²) in [6, 6.07) is 7.55. The highest BCUT2D eigenvalue weighted by Gasteiger charge is 2.07. The number of benzene rings is 1. The molecule has 0 aliphatic rings. The first-order valence-electron chi connectivity index (χ1n) is 7.03. The first-order valence-corrected chi connectivity index (χ1v) is 7.03. The van der Waals surface area contributed by atoms with E-state index in [0.29, 0.717) is 24.9 Å². The molecule has 7 nitrogen and oxygen atoms in total. The Bertz CT molecular complexity index is 610. The van der Waals surface area contributed by atoms with Gasteiger partial charge in [0.2, 0.25) is 0 Å². The molecular weight excluding hydrogens is 282 g/mol. The molecule has 0 radical (unpaired) electrons. The standard InChI is InChI=1S/C15H21N5O2/c1-4-22-13-6-5-11(9-14(13)21-3)19-15(16-2)17-10-12-7-8-18-20-12/h5-9H,4,10H2,1-3H3,(H,18,20)(H2,16,17,19). The largest absolute Gasteiger partial charge is 0.493 e. The number of nitrogens with zero attached hydrogens (tertiary/aromatic N) is 2. The first kappa shape index (κ1) is 15.7. The molecule has 1 heterocycles. The molecular formula is C15H21N5O2. The van der Waals surface area contributed by atoms with Crippen molar-refractivity contribution in [1.29, 1.82) is 0 Å². The number of rotatable bonds is 6. The van der Waals surface area contributed by atoms with Gasteiger partial charge in [0.05, 0.1) is 26.0 Å². The van der Waals surface area contributed by atoms with Crippen LogP contribution in [0.5, 0.6) is 11.5 Å². The van der Waals surface area contributed by atoms with Gasteiger partial charge in [-0.3, -0.25) is 10.1 Å². The molecule has 1 aromatic carbocycles. The Morgan fingerprint density at radius 2 is 2.18 bits per heavy atom. The van der Waals surface area contributed by atoms with Crippen LogP contribution in [0.3, 0.4) is 0 Å². The van der Waals surface area contributed by atoms with E-state index in [1.165, 1.54) is 0 Å². The van der Waals surface area contributed by atoms with Crippen LogP contribution in [0.4, 0.5) is 5.69 Å². The number of hydrogen-bond acceptors (Lipinski definition) is 4. The van der Waals surface area contributed by atoms with Crippen LogP contribution in [0.15, 0.2) is 35.5 Å². The van der Waals surface area contributed by atoms with E-state index >= 15 is 0 Å². The Balaban J connectivity index is 2.01. The van der Waals surface area contributed by atoms with Gasteiger partial charge >= 0.3 is 0 Å². The highest BCUT2D eigenvalue weighted by atomic mass is 16.5. The van der Waals surface area contributed by atoms with Crippen molar-refractivity contribution in [2.24, 2.45) is 4.99 Å². The van der Waals surface area contributed by atoms with E-state index in [4.69, 9.17) is 9.47 Å². The van der Waals surface area contributed by atoms with Gasteiger partial charge in [-0.1, -0.05) is 0 Å². The van der Waals surface area contributed by atoms with Crippen molar-refractivity contribution in [2.75, 3.05) is 26.1 Å². The van der Waals surface area contributed by atoms with E-state index < -0.39 is 0 Å². The molecule has 0 bridgehead atoms. The normalized spacial score (nSPS) is 11.1. The van der Waals surface area contributed by atoms with Gasteiger partial charge in [-0.15, -0.1) is 0 Å². The highest BCUT2D eigenvalue weighted by Crippen LogP contribution is 2.30. The molecule has 0 saturated heterocycles. The zero-order valence-electron chi connectivity index (χ0n) is 13.0. The summed E-state index contributed by atoms with van der Waals surface area (Å²) in [6.07, 6.45) is 1.71. The molecule has 0 aliphatic carbocycles. The summed E-state index contributed by atoms with van der Waals surface area (Å²) in [6.45, 7) is 3.14. The second kappa shape index (κ2) is 7.92. The van der Waals surface area contributed by atoms with E-state index in [0.717, 1.165) is 17.1 Å². The number of guanidine groups is 1. The quantitative estimate of drug-likeness (QED) is 0.561. The van der Waals surface area contributed by atoms with E-state index in [1.54, 1.807) is 20.4 Å². The number of ether oxygens (including phenoxy) is 2. The lowest BCUT2D eigenvalue weighted by Gasteiger charge is -2.14. The molecule has 2 aromatic rings. The summed E-state index contributed by atoms with van der Waals surface area (Å²) in [7, 11) is 3.33. The van der Waals surface area contributed by atoms with E-state index in [2.05, 4.69) is 25.8 Å². The van der Waals surface area contributed by atoms with Crippen LogP contribution < -0.4 is 20.1 Å². The second-order valence-electron chi connectivity index (χ2n) is 4.43. The summed E-state index contributed by atoms with van der Waals surface area (Å²) in [5, 5.41) is 13.2. The van der Waals surface area contributed by atoms with E-state index in [9.17, 15) is 0 Å². The minimum atomic E-state index is 0.594. The summed E-state index contributed by atoms with van der Waals surface area (Å²) >= 11 is 0. The number of anilines is 1. The zero-order chi connectivity index (χ0) is 15.8. The number of aromatic nitrogens is 2. The molecule has 0 spiro atoms. The average Bonchev–Trinajstić information content (AvgIpc) is 3.06. The van der Waals surface area contributed by atoms with Gasteiger partial charge in [0.25, 0.3) is 0 Å². The van der Waals surface area contributed by atoms with Crippen molar-refractivity contribution in [3.05, 3.63) is 36.2 Å². The van der Waals surface area contributed by atoms with Crippen LogP contribution in [0.2, 0.25) is 0 Å². The molecule has 0 unspecified atom stereocenters. The summed E-state index contributed by atoms with van der Waals surface area (Å²) in [5.41, 5.74) is 1.84. The topological polar surface area (TPSA) is 83.6 Å². The van der Waals surface area contributed by atoms with E-state index in [-0.39, 0.29) is 0 Å².